The lowest BCUT2D eigenvalue weighted by Gasteiger charge is -2.40. The Labute approximate surface area is 172 Å². The first-order chi connectivity index (χ1) is 14.3. The average Bonchev–Trinajstić information content (AvgIpc) is 3.47. The summed E-state index contributed by atoms with van der Waals surface area (Å²) in [5.74, 6) is -0.515. The molecular weight excluding hydrogens is 399 g/mol. The van der Waals surface area contributed by atoms with Crippen molar-refractivity contribution in [2.75, 3.05) is 18.4 Å². The number of piperidine rings is 1. The van der Waals surface area contributed by atoms with Gasteiger partial charge in [-0.1, -0.05) is 5.57 Å². The van der Waals surface area contributed by atoms with Gasteiger partial charge >= 0.3 is 6.18 Å². The normalized spacial score (nSPS) is 31.0. The molecule has 4 heterocycles. The topological polar surface area (TPSA) is 93.3 Å². The number of halogens is 3. The molecule has 30 heavy (non-hydrogen) atoms. The summed E-state index contributed by atoms with van der Waals surface area (Å²) in [4.78, 5) is 14.1. The maximum atomic E-state index is 13.7. The van der Waals surface area contributed by atoms with Crippen molar-refractivity contribution in [3.05, 3.63) is 23.0 Å². The van der Waals surface area contributed by atoms with Crippen molar-refractivity contribution in [1.29, 1.82) is 0 Å². The molecule has 4 aliphatic rings. The van der Waals surface area contributed by atoms with Crippen molar-refractivity contribution < 1.29 is 23.1 Å². The van der Waals surface area contributed by atoms with Gasteiger partial charge in [0.05, 0.1) is 18.2 Å². The molecule has 2 unspecified atom stereocenters. The summed E-state index contributed by atoms with van der Waals surface area (Å²) < 4.78 is 41.1. The predicted molar refractivity (Wildman–Crippen MR) is 102 cm³/mol. The Morgan fingerprint density at radius 1 is 1.13 bits per heavy atom. The fourth-order valence-corrected chi connectivity index (χ4v) is 5.12. The average molecular weight is 425 g/mol. The van der Waals surface area contributed by atoms with Crippen LogP contribution < -0.4 is 10.6 Å². The lowest BCUT2D eigenvalue weighted by molar-refractivity contribution is -0.267. The number of aliphatic hydroxyl groups is 1. The number of anilines is 1. The number of likely N-dealkylation sites (tertiary alicyclic amines) is 1. The third-order valence-electron chi connectivity index (χ3n) is 7.00. The van der Waals surface area contributed by atoms with E-state index in [4.69, 9.17) is 0 Å². The Balaban J connectivity index is 1.30. The summed E-state index contributed by atoms with van der Waals surface area (Å²) in [6.07, 6.45) is 2.48. The number of fused-ring (bicyclic) bond motifs is 1. The molecule has 5 rings (SSSR count). The van der Waals surface area contributed by atoms with Crippen molar-refractivity contribution in [3.63, 3.8) is 0 Å². The molecule has 1 amide bonds. The summed E-state index contributed by atoms with van der Waals surface area (Å²) >= 11 is 0. The summed E-state index contributed by atoms with van der Waals surface area (Å²) in [5, 5.41) is 22.9. The molecule has 3 aliphatic heterocycles. The number of nitrogens with zero attached hydrogens (tertiary/aromatic N) is 2. The van der Waals surface area contributed by atoms with E-state index in [1.807, 2.05) is 0 Å². The molecule has 1 aliphatic carbocycles. The first kappa shape index (κ1) is 19.9. The van der Waals surface area contributed by atoms with Crippen LogP contribution in [0, 0.1) is 5.92 Å². The quantitative estimate of drug-likeness (QED) is 0.598. The van der Waals surface area contributed by atoms with E-state index in [1.54, 1.807) is 0 Å². The second kappa shape index (κ2) is 6.98. The number of alkyl halides is 3. The van der Waals surface area contributed by atoms with E-state index in [0.29, 0.717) is 12.8 Å². The number of aromatic nitrogens is 2. The minimum absolute atomic E-state index is 0.178. The third kappa shape index (κ3) is 3.30. The summed E-state index contributed by atoms with van der Waals surface area (Å²) in [7, 11) is 0. The van der Waals surface area contributed by atoms with Gasteiger partial charge < -0.3 is 15.7 Å². The number of allylic oxidation sites excluding steroid dienone is 1. The molecule has 4 N–H and O–H groups in total. The number of hydrogen-bond acceptors (Lipinski definition) is 5. The molecule has 1 saturated heterocycles. The number of carbonyl (C=O) groups excluding carboxylic acids is 1. The highest BCUT2D eigenvalue weighted by molar-refractivity contribution is 5.94. The molecule has 10 heteroatoms. The van der Waals surface area contributed by atoms with E-state index in [9.17, 15) is 23.1 Å². The predicted octanol–water partition coefficient (Wildman–Crippen LogP) is 2.68. The summed E-state index contributed by atoms with van der Waals surface area (Å²) in [6, 6.07) is 0. The first-order valence-corrected chi connectivity index (χ1v) is 10.6. The van der Waals surface area contributed by atoms with Crippen LogP contribution in [0.4, 0.5) is 19.0 Å². The van der Waals surface area contributed by atoms with Crippen LogP contribution in [0.1, 0.15) is 62.1 Å². The van der Waals surface area contributed by atoms with Crippen molar-refractivity contribution in [2.45, 2.75) is 68.8 Å². The van der Waals surface area contributed by atoms with Crippen LogP contribution in [-0.4, -0.2) is 51.5 Å². The van der Waals surface area contributed by atoms with Crippen molar-refractivity contribution >= 4 is 11.7 Å². The first-order valence-electron chi connectivity index (χ1n) is 10.6. The highest BCUT2D eigenvalue weighted by atomic mass is 19.4. The van der Waals surface area contributed by atoms with Gasteiger partial charge in [0, 0.05) is 24.7 Å². The summed E-state index contributed by atoms with van der Waals surface area (Å²) in [5.41, 5.74) is -1.73. The maximum Gasteiger partial charge on any atom is 0.422 e. The van der Waals surface area contributed by atoms with Crippen LogP contribution >= 0.6 is 0 Å². The van der Waals surface area contributed by atoms with Gasteiger partial charge in [0.1, 0.15) is 0 Å². The van der Waals surface area contributed by atoms with Gasteiger partial charge in [0.15, 0.2) is 11.4 Å². The third-order valence-corrected chi connectivity index (χ3v) is 7.00. The fraction of sp³-hybridized carbons (Fsp3) is 0.700. The lowest BCUT2D eigenvalue weighted by atomic mass is 9.81. The number of nitrogens with one attached hydrogen (secondary N) is 3. The number of hydrogen-bond donors (Lipinski definition) is 4. The van der Waals surface area contributed by atoms with Gasteiger partial charge in [-0.15, -0.1) is 0 Å². The van der Waals surface area contributed by atoms with Gasteiger partial charge in [-0.25, -0.2) is 0 Å². The smallest absolute Gasteiger partial charge is 0.376 e. The van der Waals surface area contributed by atoms with Gasteiger partial charge in [-0.05, 0) is 50.6 Å². The van der Waals surface area contributed by atoms with Gasteiger partial charge in [-0.2, -0.15) is 18.3 Å². The van der Waals surface area contributed by atoms with E-state index >= 15 is 0 Å². The Morgan fingerprint density at radius 3 is 2.47 bits per heavy atom. The van der Waals surface area contributed by atoms with Gasteiger partial charge in [0.2, 0.25) is 5.91 Å². The van der Waals surface area contributed by atoms with E-state index in [2.05, 4.69) is 31.9 Å². The van der Waals surface area contributed by atoms with Crippen LogP contribution in [0.25, 0.3) is 0 Å². The molecular formula is C20H26F3N5O2. The molecule has 0 bridgehead atoms. The largest absolute Gasteiger partial charge is 0.422 e. The highest BCUT2D eigenvalue weighted by Crippen LogP contribution is 2.50. The molecule has 1 aromatic heterocycles. The minimum Gasteiger partial charge on any atom is -0.376 e. The van der Waals surface area contributed by atoms with Gasteiger partial charge in [-0.3, -0.25) is 14.8 Å². The molecule has 0 radical (unpaired) electrons. The minimum atomic E-state index is -4.96. The zero-order chi connectivity index (χ0) is 21.1. The monoisotopic (exact) mass is 425 g/mol. The van der Waals surface area contributed by atoms with Crippen LogP contribution in [0.2, 0.25) is 0 Å². The SMILES string of the molecule is O=C1CC(O)(C(F)(F)F)c2c(n[nH]c2C2CCN(C3CCC(C4CC4)=CN3)CC2)N1. The number of carbonyl (C=O) groups is 1. The van der Waals surface area contributed by atoms with Crippen LogP contribution in [0.3, 0.4) is 0 Å². The van der Waals surface area contributed by atoms with Crippen LogP contribution in [-0.2, 0) is 10.4 Å². The van der Waals surface area contributed by atoms with Crippen LogP contribution in [0.15, 0.2) is 11.8 Å². The molecule has 0 aromatic carbocycles. The van der Waals surface area contributed by atoms with Crippen molar-refractivity contribution in [2.24, 2.45) is 5.92 Å². The second-order valence-corrected chi connectivity index (χ2v) is 8.97. The van der Waals surface area contributed by atoms with E-state index in [-0.39, 0.29) is 29.2 Å². The Kier molecular flexibility index (Phi) is 4.62. The number of amides is 1. The lowest BCUT2D eigenvalue weighted by Crippen LogP contribution is -2.50. The number of H-pyrrole nitrogens is 1. The molecule has 1 saturated carbocycles. The van der Waals surface area contributed by atoms with Gasteiger partial charge in [0.25, 0.3) is 0 Å². The number of aromatic amines is 1. The Morgan fingerprint density at radius 2 is 1.87 bits per heavy atom. The fourth-order valence-electron chi connectivity index (χ4n) is 5.12. The number of rotatable bonds is 3. The molecule has 7 nitrogen and oxygen atoms in total. The molecule has 2 fully saturated rings. The molecule has 164 valence electrons. The van der Waals surface area contributed by atoms with Crippen LogP contribution in [0.5, 0.6) is 0 Å². The van der Waals surface area contributed by atoms with Crippen molar-refractivity contribution in [1.82, 2.24) is 20.4 Å². The molecule has 1 aromatic rings. The maximum absolute atomic E-state index is 13.7. The zero-order valence-electron chi connectivity index (χ0n) is 16.6. The van der Waals surface area contributed by atoms with E-state index < -0.39 is 24.1 Å². The standard InChI is InChI=1S/C20H26F3N5O2/c21-20(22,23)19(30)9-15(29)25-18-16(19)17(26-27-18)12-5-7-28(8-6-12)14-4-3-13(10-24-14)11-1-2-11/h10-12,14,24,30H,1-9H2,(H2,25,26,27,29). The Hall–Kier alpha value is -2.07. The molecule has 0 spiro atoms. The summed E-state index contributed by atoms with van der Waals surface area (Å²) in [6.45, 7) is 1.50. The van der Waals surface area contributed by atoms with E-state index in [0.717, 1.165) is 31.8 Å². The highest BCUT2D eigenvalue weighted by Gasteiger charge is 2.61. The Bertz CT molecular complexity index is 870. The molecule has 2 atom stereocenters. The zero-order valence-corrected chi connectivity index (χ0v) is 16.6. The second-order valence-electron chi connectivity index (χ2n) is 8.97. The van der Waals surface area contributed by atoms with Crippen molar-refractivity contribution in [3.8, 4) is 0 Å². The van der Waals surface area contributed by atoms with E-state index in [1.165, 1.54) is 18.4 Å².